The molecule has 0 radical (unpaired) electrons. The van der Waals surface area contributed by atoms with Crippen molar-refractivity contribution in [2.24, 2.45) is 0 Å². The molecule has 2 aliphatic rings. The third-order valence-electron chi connectivity index (χ3n) is 5.70. The second kappa shape index (κ2) is 7.94. The van der Waals surface area contributed by atoms with E-state index >= 15 is 0 Å². The number of anilines is 1. The summed E-state index contributed by atoms with van der Waals surface area (Å²) in [5.74, 6) is 0.190. The molecule has 0 spiro atoms. The van der Waals surface area contributed by atoms with Crippen LogP contribution in [0.25, 0.3) is 0 Å². The molecule has 31 heavy (non-hydrogen) atoms. The molecule has 162 valence electrons. The Balaban J connectivity index is 1.53. The van der Waals surface area contributed by atoms with Gasteiger partial charge in [0.1, 0.15) is 25.3 Å². The van der Waals surface area contributed by atoms with Crippen molar-refractivity contribution < 1.29 is 23.9 Å². The lowest BCUT2D eigenvalue weighted by molar-refractivity contribution is -0.133. The molecular weight excluding hydrogens is 398 g/mol. The van der Waals surface area contributed by atoms with Crippen LogP contribution in [0.2, 0.25) is 0 Å². The Kier molecular flexibility index (Phi) is 5.31. The van der Waals surface area contributed by atoms with Gasteiger partial charge in [0, 0.05) is 5.69 Å². The zero-order valence-corrected chi connectivity index (χ0v) is 17.8. The summed E-state index contributed by atoms with van der Waals surface area (Å²) in [7, 11) is 0. The van der Waals surface area contributed by atoms with Crippen molar-refractivity contribution in [2.45, 2.75) is 32.7 Å². The van der Waals surface area contributed by atoms with Gasteiger partial charge in [-0.2, -0.15) is 0 Å². The van der Waals surface area contributed by atoms with E-state index in [1.165, 1.54) is 0 Å². The van der Waals surface area contributed by atoms with Crippen LogP contribution >= 0.6 is 0 Å². The molecule has 4 rings (SSSR count). The fraction of sp³-hybridized carbons (Fsp3) is 0.348. The predicted molar refractivity (Wildman–Crippen MR) is 114 cm³/mol. The van der Waals surface area contributed by atoms with Crippen LogP contribution in [-0.2, 0) is 21.5 Å². The van der Waals surface area contributed by atoms with Gasteiger partial charge in [-0.15, -0.1) is 0 Å². The number of hydrogen-bond donors (Lipinski definition) is 2. The SMILES string of the molecule is CCc1cccc(C)c1NC(=O)CN1C(=O)N[C@](C)(c2ccc3c(c2)OCCO3)C1=O. The first-order valence-electron chi connectivity index (χ1n) is 10.3. The van der Waals surface area contributed by atoms with Gasteiger partial charge in [0.05, 0.1) is 0 Å². The van der Waals surface area contributed by atoms with Gasteiger partial charge in [0.15, 0.2) is 11.5 Å². The number of nitrogens with zero attached hydrogens (tertiary/aromatic N) is 1. The van der Waals surface area contributed by atoms with Gasteiger partial charge in [-0.25, -0.2) is 4.79 Å². The molecule has 0 unspecified atom stereocenters. The molecule has 1 atom stereocenters. The maximum atomic E-state index is 13.2. The minimum atomic E-state index is -1.30. The van der Waals surface area contributed by atoms with E-state index in [0.29, 0.717) is 30.3 Å². The summed E-state index contributed by atoms with van der Waals surface area (Å²) in [6.07, 6.45) is 0.753. The maximum Gasteiger partial charge on any atom is 0.325 e. The van der Waals surface area contributed by atoms with Gasteiger partial charge in [0.25, 0.3) is 5.91 Å². The summed E-state index contributed by atoms with van der Waals surface area (Å²) in [5, 5.41) is 5.57. The monoisotopic (exact) mass is 423 g/mol. The van der Waals surface area contributed by atoms with Crippen molar-refractivity contribution in [2.75, 3.05) is 25.1 Å². The first kappa shape index (κ1) is 20.7. The Labute approximate surface area is 180 Å². The average molecular weight is 423 g/mol. The molecule has 4 amide bonds. The lowest BCUT2D eigenvalue weighted by atomic mass is 9.91. The normalized spacial score (nSPS) is 19.9. The molecular formula is C23H25N3O5. The number of imide groups is 1. The number of hydrogen-bond acceptors (Lipinski definition) is 5. The van der Waals surface area contributed by atoms with Crippen molar-refractivity contribution in [3.8, 4) is 11.5 Å². The maximum absolute atomic E-state index is 13.2. The van der Waals surface area contributed by atoms with E-state index in [9.17, 15) is 14.4 Å². The number of amides is 4. The first-order valence-corrected chi connectivity index (χ1v) is 10.3. The van der Waals surface area contributed by atoms with Gasteiger partial charge < -0.3 is 20.1 Å². The third kappa shape index (κ3) is 3.69. The average Bonchev–Trinajstić information content (AvgIpc) is 2.98. The van der Waals surface area contributed by atoms with Crippen LogP contribution in [0.3, 0.4) is 0 Å². The zero-order chi connectivity index (χ0) is 22.2. The molecule has 1 saturated heterocycles. The highest BCUT2D eigenvalue weighted by Crippen LogP contribution is 2.36. The fourth-order valence-corrected chi connectivity index (χ4v) is 3.92. The van der Waals surface area contributed by atoms with Crippen molar-refractivity contribution in [1.29, 1.82) is 0 Å². The Bertz CT molecular complexity index is 1070. The van der Waals surface area contributed by atoms with Crippen LogP contribution in [0.5, 0.6) is 11.5 Å². The second-order valence-corrected chi connectivity index (χ2v) is 7.82. The molecule has 2 N–H and O–H groups in total. The lowest BCUT2D eigenvalue weighted by Crippen LogP contribution is -2.42. The number of carbonyl (C=O) groups is 3. The molecule has 8 nitrogen and oxygen atoms in total. The zero-order valence-electron chi connectivity index (χ0n) is 17.8. The van der Waals surface area contributed by atoms with Crippen molar-refractivity contribution in [3.63, 3.8) is 0 Å². The molecule has 2 aromatic rings. The summed E-state index contributed by atoms with van der Waals surface area (Å²) in [6.45, 7) is 6.03. The van der Waals surface area contributed by atoms with Crippen molar-refractivity contribution in [3.05, 3.63) is 53.1 Å². The van der Waals surface area contributed by atoms with E-state index in [4.69, 9.17) is 9.47 Å². The Hall–Kier alpha value is -3.55. The van der Waals surface area contributed by atoms with Crippen molar-refractivity contribution in [1.82, 2.24) is 10.2 Å². The number of nitrogens with one attached hydrogen (secondary N) is 2. The molecule has 1 fully saturated rings. The standard InChI is InChI=1S/C23H25N3O5/c1-4-15-7-5-6-14(2)20(15)24-19(27)13-26-21(28)23(3,25-22(26)29)16-8-9-17-18(12-16)31-11-10-30-17/h5-9,12H,4,10-11,13H2,1-3H3,(H,24,27)(H,25,29)/t23-/m1/s1. The van der Waals surface area contributed by atoms with Crippen LogP contribution < -0.4 is 20.1 Å². The minimum Gasteiger partial charge on any atom is -0.486 e. The highest BCUT2D eigenvalue weighted by atomic mass is 16.6. The van der Waals surface area contributed by atoms with Gasteiger partial charge in [-0.3, -0.25) is 14.5 Å². The molecule has 8 heteroatoms. The lowest BCUT2D eigenvalue weighted by Gasteiger charge is -2.25. The van der Waals surface area contributed by atoms with E-state index in [1.54, 1.807) is 25.1 Å². The van der Waals surface area contributed by atoms with Gasteiger partial charge in [-0.05, 0) is 49.1 Å². The Morgan fingerprint density at radius 3 is 2.65 bits per heavy atom. The highest BCUT2D eigenvalue weighted by Gasteiger charge is 2.49. The topological polar surface area (TPSA) is 97.0 Å². The van der Waals surface area contributed by atoms with E-state index in [-0.39, 0.29) is 6.54 Å². The molecule has 0 aliphatic carbocycles. The highest BCUT2D eigenvalue weighted by molar-refractivity contribution is 6.10. The van der Waals surface area contributed by atoms with Crippen LogP contribution in [0.4, 0.5) is 10.5 Å². The summed E-state index contributed by atoms with van der Waals surface area (Å²) in [4.78, 5) is 39.4. The molecule has 0 aromatic heterocycles. The smallest absolute Gasteiger partial charge is 0.325 e. The largest absolute Gasteiger partial charge is 0.486 e. The Morgan fingerprint density at radius 1 is 1.16 bits per heavy atom. The summed E-state index contributed by atoms with van der Waals surface area (Å²) in [5.41, 5.74) is 1.89. The minimum absolute atomic E-state index is 0.373. The molecule has 2 aromatic carbocycles. The Morgan fingerprint density at radius 2 is 1.90 bits per heavy atom. The number of aryl methyl sites for hydroxylation is 2. The number of para-hydroxylation sites is 1. The van der Waals surface area contributed by atoms with E-state index in [1.807, 2.05) is 32.0 Å². The second-order valence-electron chi connectivity index (χ2n) is 7.82. The van der Waals surface area contributed by atoms with Crippen LogP contribution in [0, 0.1) is 6.92 Å². The number of fused-ring (bicyclic) bond motifs is 1. The van der Waals surface area contributed by atoms with Crippen LogP contribution in [-0.4, -0.2) is 42.5 Å². The van der Waals surface area contributed by atoms with Gasteiger partial charge in [-0.1, -0.05) is 31.2 Å². The molecule has 2 heterocycles. The predicted octanol–water partition coefficient (Wildman–Crippen LogP) is 2.73. The third-order valence-corrected chi connectivity index (χ3v) is 5.70. The number of rotatable bonds is 5. The summed E-state index contributed by atoms with van der Waals surface area (Å²) >= 11 is 0. The number of urea groups is 1. The summed E-state index contributed by atoms with van der Waals surface area (Å²) in [6, 6.07) is 10.3. The van der Waals surface area contributed by atoms with Crippen molar-refractivity contribution >= 4 is 23.5 Å². The van der Waals surface area contributed by atoms with E-state index < -0.39 is 23.4 Å². The molecule has 0 bridgehead atoms. The quantitative estimate of drug-likeness (QED) is 0.721. The van der Waals surface area contributed by atoms with Gasteiger partial charge in [0.2, 0.25) is 5.91 Å². The van der Waals surface area contributed by atoms with Crippen LogP contribution in [0.1, 0.15) is 30.5 Å². The number of carbonyl (C=O) groups excluding carboxylic acids is 3. The van der Waals surface area contributed by atoms with Crippen LogP contribution in [0.15, 0.2) is 36.4 Å². The molecule has 0 saturated carbocycles. The fourth-order valence-electron chi connectivity index (χ4n) is 3.92. The number of ether oxygens (including phenoxy) is 2. The van der Waals surface area contributed by atoms with E-state index in [2.05, 4.69) is 10.6 Å². The van der Waals surface area contributed by atoms with E-state index in [0.717, 1.165) is 28.1 Å². The number of benzene rings is 2. The summed E-state index contributed by atoms with van der Waals surface area (Å²) < 4.78 is 11.1. The van der Waals surface area contributed by atoms with Gasteiger partial charge >= 0.3 is 6.03 Å². The first-order chi connectivity index (χ1) is 14.8. The molecule has 2 aliphatic heterocycles.